The molecule has 0 aliphatic rings. The van der Waals surface area contributed by atoms with Crippen LogP contribution in [0, 0.1) is 6.92 Å². The molecule has 1 N–H and O–H groups in total. The van der Waals surface area contributed by atoms with Crippen molar-refractivity contribution < 1.29 is 14.3 Å². The maximum atomic E-state index is 11.8. The van der Waals surface area contributed by atoms with Crippen LogP contribution in [-0.2, 0) is 14.3 Å². The van der Waals surface area contributed by atoms with E-state index < -0.39 is 18.5 Å². The van der Waals surface area contributed by atoms with E-state index in [-0.39, 0.29) is 10.8 Å². The second kappa shape index (κ2) is 8.85. The third kappa shape index (κ3) is 5.46. The van der Waals surface area contributed by atoms with Crippen molar-refractivity contribution in [2.75, 3.05) is 11.9 Å². The Hall–Kier alpha value is -2.08. The summed E-state index contributed by atoms with van der Waals surface area (Å²) in [7, 11) is 0. The van der Waals surface area contributed by atoms with Crippen molar-refractivity contribution in [2.45, 2.75) is 6.92 Å². The Labute approximate surface area is 159 Å². The molecule has 0 bridgehead atoms. The van der Waals surface area contributed by atoms with E-state index in [1.54, 1.807) is 31.2 Å². The molecule has 0 aliphatic carbocycles. The average molecular weight is 400 g/mol. The third-order valence-corrected chi connectivity index (χ3v) is 4.30. The molecule has 0 saturated carbocycles. The number of esters is 1. The standard InChI is InChI=1S/C17H13Cl3N2O3/c1-10-13(19)8-21-17(16(10)20)22-14(23)9-25-15(24)7-6-11-4-2-3-5-12(11)18/h2-8H,9H2,1H3,(H,21,22,23). The highest BCUT2D eigenvalue weighted by Crippen LogP contribution is 2.28. The smallest absolute Gasteiger partial charge is 0.331 e. The Morgan fingerprint density at radius 3 is 2.64 bits per heavy atom. The molecule has 1 amide bonds. The zero-order valence-electron chi connectivity index (χ0n) is 13.1. The van der Waals surface area contributed by atoms with Gasteiger partial charge < -0.3 is 10.1 Å². The minimum atomic E-state index is -0.679. The minimum Gasteiger partial charge on any atom is -0.452 e. The van der Waals surface area contributed by atoms with Crippen molar-refractivity contribution >= 4 is 58.6 Å². The first-order chi connectivity index (χ1) is 11.9. The third-order valence-electron chi connectivity index (χ3n) is 3.11. The van der Waals surface area contributed by atoms with Gasteiger partial charge in [-0.15, -0.1) is 0 Å². The first-order valence-electron chi connectivity index (χ1n) is 7.08. The van der Waals surface area contributed by atoms with Crippen LogP contribution in [0.2, 0.25) is 15.1 Å². The summed E-state index contributed by atoms with van der Waals surface area (Å²) in [6, 6.07) is 7.01. The number of hydrogen-bond acceptors (Lipinski definition) is 4. The molecule has 8 heteroatoms. The lowest BCUT2D eigenvalue weighted by atomic mass is 10.2. The number of amides is 1. The molecule has 0 radical (unpaired) electrons. The molecule has 5 nitrogen and oxygen atoms in total. The molecular weight excluding hydrogens is 387 g/mol. The molecule has 1 aromatic carbocycles. The van der Waals surface area contributed by atoms with Crippen molar-refractivity contribution in [3.05, 3.63) is 62.7 Å². The van der Waals surface area contributed by atoms with Crippen LogP contribution in [0.25, 0.3) is 6.08 Å². The number of benzene rings is 1. The lowest BCUT2D eigenvalue weighted by Gasteiger charge is -2.09. The number of rotatable bonds is 5. The summed E-state index contributed by atoms with van der Waals surface area (Å²) in [6.45, 7) is 1.22. The predicted molar refractivity (Wildman–Crippen MR) is 99.1 cm³/mol. The predicted octanol–water partition coefficient (Wildman–Crippen LogP) is 4.55. The molecule has 2 aromatic rings. The SMILES string of the molecule is Cc1c(Cl)cnc(NC(=O)COC(=O)C=Cc2ccccc2Cl)c1Cl. The highest BCUT2D eigenvalue weighted by atomic mass is 35.5. The molecular formula is C17H13Cl3N2O3. The van der Waals surface area contributed by atoms with Gasteiger partial charge in [-0.2, -0.15) is 0 Å². The summed E-state index contributed by atoms with van der Waals surface area (Å²) < 4.78 is 4.85. The monoisotopic (exact) mass is 398 g/mol. The largest absolute Gasteiger partial charge is 0.452 e. The van der Waals surface area contributed by atoms with Crippen LogP contribution in [0.1, 0.15) is 11.1 Å². The van der Waals surface area contributed by atoms with Gasteiger partial charge in [0.25, 0.3) is 5.91 Å². The molecule has 0 spiro atoms. The van der Waals surface area contributed by atoms with Gasteiger partial charge in [-0.05, 0) is 30.2 Å². The number of anilines is 1. The number of hydrogen-bond donors (Lipinski definition) is 1. The zero-order valence-corrected chi connectivity index (χ0v) is 15.3. The first kappa shape index (κ1) is 19.2. The van der Waals surface area contributed by atoms with E-state index in [0.29, 0.717) is 21.2 Å². The lowest BCUT2D eigenvalue weighted by Crippen LogP contribution is -2.21. The van der Waals surface area contributed by atoms with Gasteiger partial charge >= 0.3 is 5.97 Å². The number of halogens is 3. The maximum absolute atomic E-state index is 11.8. The van der Waals surface area contributed by atoms with Gasteiger partial charge in [0.05, 0.1) is 10.0 Å². The molecule has 0 aliphatic heterocycles. The Kier molecular flexibility index (Phi) is 6.82. The summed E-state index contributed by atoms with van der Waals surface area (Å²) in [5.41, 5.74) is 1.26. The summed E-state index contributed by atoms with van der Waals surface area (Å²) in [5.74, 6) is -1.10. The van der Waals surface area contributed by atoms with E-state index in [1.807, 2.05) is 0 Å². The molecule has 0 unspecified atom stereocenters. The molecule has 25 heavy (non-hydrogen) atoms. The van der Waals surface area contributed by atoms with Gasteiger partial charge in [0.2, 0.25) is 0 Å². The summed E-state index contributed by atoms with van der Waals surface area (Å²) in [5, 5.41) is 3.57. The summed E-state index contributed by atoms with van der Waals surface area (Å²) >= 11 is 17.9. The van der Waals surface area contributed by atoms with Gasteiger partial charge in [-0.1, -0.05) is 53.0 Å². The second-order valence-electron chi connectivity index (χ2n) is 4.90. The number of carbonyl (C=O) groups is 2. The Morgan fingerprint density at radius 1 is 1.20 bits per heavy atom. The summed E-state index contributed by atoms with van der Waals surface area (Å²) in [6.07, 6.45) is 4.06. The summed E-state index contributed by atoms with van der Waals surface area (Å²) in [4.78, 5) is 27.4. The number of aromatic nitrogens is 1. The molecule has 0 fully saturated rings. The molecule has 1 heterocycles. The van der Waals surface area contributed by atoms with E-state index in [9.17, 15) is 9.59 Å². The minimum absolute atomic E-state index is 0.149. The van der Waals surface area contributed by atoms with Gasteiger partial charge in [0.1, 0.15) is 0 Å². The topological polar surface area (TPSA) is 68.3 Å². The Morgan fingerprint density at radius 2 is 1.92 bits per heavy atom. The van der Waals surface area contributed by atoms with Crippen LogP contribution in [0.15, 0.2) is 36.5 Å². The van der Waals surface area contributed by atoms with Crippen molar-refractivity contribution in [3.63, 3.8) is 0 Å². The highest BCUT2D eigenvalue weighted by molar-refractivity contribution is 6.37. The lowest BCUT2D eigenvalue weighted by molar-refractivity contribution is -0.142. The van der Waals surface area contributed by atoms with Crippen LogP contribution >= 0.6 is 34.8 Å². The number of ether oxygens (including phenoxy) is 1. The van der Waals surface area contributed by atoms with Crippen LogP contribution in [-0.4, -0.2) is 23.5 Å². The van der Waals surface area contributed by atoms with Crippen LogP contribution in [0.4, 0.5) is 5.82 Å². The fourth-order valence-electron chi connectivity index (χ4n) is 1.77. The van der Waals surface area contributed by atoms with Crippen LogP contribution in [0.5, 0.6) is 0 Å². The van der Waals surface area contributed by atoms with Gasteiger partial charge in [0.15, 0.2) is 12.4 Å². The van der Waals surface area contributed by atoms with Crippen LogP contribution < -0.4 is 5.32 Å². The molecule has 2 rings (SSSR count). The average Bonchev–Trinajstić information content (AvgIpc) is 2.60. The van der Waals surface area contributed by atoms with Crippen molar-refractivity contribution in [3.8, 4) is 0 Å². The highest BCUT2D eigenvalue weighted by Gasteiger charge is 2.12. The number of carbonyl (C=O) groups excluding carboxylic acids is 2. The van der Waals surface area contributed by atoms with E-state index in [0.717, 1.165) is 0 Å². The van der Waals surface area contributed by atoms with Crippen molar-refractivity contribution in [2.24, 2.45) is 0 Å². The normalized spacial score (nSPS) is 10.7. The molecule has 0 atom stereocenters. The number of nitrogens with one attached hydrogen (secondary N) is 1. The first-order valence-corrected chi connectivity index (χ1v) is 8.21. The zero-order chi connectivity index (χ0) is 18.4. The van der Waals surface area contributed by atoms with Gasteiger partial charge in [-0.3, -0.25) is 4.79 Å². The second-order valence-corrected chi connectivity index (χ2v) is 6.10. The Bertz CT molecular complexity index is 838. The molecule has 130 valence electrons. The fraction of sp³-hybridized carbons (Fsp3) is 0.118. The van der Waals surface area contributed by atoms with E-state index in [1.165, 1.54) is 18.3 Å². The van der Waals surface area contributed by atoms with E-state index in [4.69, 9.17) is 39.5 Å². The maximum Gasteiger partial charge on any atom is 0.331 e. The van der Waals surface area contributed by atoms with Crippen molar-refractivity contribution in [1.29, 1.82) is 0 Å². The number of pyridine rings is 1. The molecule has 0 saturated heterocycles. The fourth-order valence-corrected chi connectivity index (χ4v) is 2.35. The quantitative estimate of drug-likeness (QED) is 0.592. The Balaban J connectivity index is 1.89. The van der Waals surface area contributed by atoms with Crippen molar-refractivity contribution in [1.82, 2.24) is 4.98 Å². The number of nitrogens with zero attached hydrogens (tertiary/aromatic N) is 1. The molecule has 1 aromatic heterocycles. The van der Waals surface area contributed by atoms with E-state index >= 15 is 0 Å². The van der Waals surface area contributed by atoms with Gasteiger partial charge in [0, 0.05) is 17.3 Å². The van der Waals surface area contributed by atoms with E-state index in [2.05, 4.69) is 10.3 Å². The van der Waals surface area contributed by atoms with Crippen LogP contribution in [0.3, 0.4) is 0 Å². The van der Waals surface area contributed by atoms with Gasteiger partial charge in [-0.25, -0.2) is 9.78 Å².